The van der Waals surface area contributed by atoms with Gasteiger partial charge in [-0.3, -0.25) is 4.90 Å². The maximum absolute atomic E-state index is 13.0. The van der Waals surface area contributed by atoms with E-state index in [1.54, 1.807) is 24.5 Å². The van der Waals surface area contributed by atoms with E-state index in [0.29, 0.717) is 25.4 Å². The lowest BCUT2D eigenvalue weighted by Crippen LogP contribution is -2.35. The zero-order valence-electron chi connectivity index (χ0n) is 15.3. The molecule has 0 saturated carbocycles. The number of hydrogen-bond acceptors (Lipinski definition) is 4. The first-order valence-corrected chi connectivity index (χ1v) is 8.91. The van der Waals surface area contributed by atoms with Crippen LogP contribution in [0.3, 0.4) is 0 Å². The number of ether oxygens (including phenoxy) is 1. The largest absolute Gasteiger partial charge is 0.491 e. The van der Waals surface area contributed by atoms with Crippen molar-refractivity contribution in [2.45, 2.75) is 26.1 Å². The van der Waals surface area contributed by atoms with E-state index in [1.807, 2.05) is 12.1 Å². The molecule has 0 aliphatic heterocycles. The Morgan fingerprint density at radius 3 is 2.63 bits per heavy atom. The number of imidazole rings is 1. The van der Waals surface area contributed by atoms with Crippen LogP contribution in [0.5, 0.6) is 5.75 Å². The summed E-state index contributed by atoms with van der Waals surface area (Å²) in [5, 5.41) is 10.4. The number of aliphatic hydroxyl groups is 1. The molecule has 1 heterocycles. The van der Waals surface area contributed by atoms with Gasteiger partial charge >= 0.3 is 0 Å². The van der Waals surface area contributed by atoms with Gasteiger partial charge in [-0.1, -0.05) is 24.3 Å². The molecule has 2 aromatic carbocycles. The molecule has 0 aliphatic carbocycles. The molecule has 3 rings (SSSR count). The highest BCUT2D eigenvalue weighted by Crippen LogP contribution is 2.14. The van der Waals surface area contributed by atoms with E-state index in [0.717, 1.165) is 5.82 Å². The molecule has 6 heteroatoms. The van der Waals surface area contributed by atoms with Crippen molar-refractivity contribution in [3.63, 3.8) is 0 Å². The Morgan fingerprint density at radius 2 is 1.93 bits per heavy atom. The number of hydrogen-bond donors (Lipinski definition) is 2. The third kappa shape index (κ3) is 5.91. The molecular weight excluding hydrogens is 345 g/mol. The number of nitrogens with one attached hydrogen (secondary N) is 1. The van der Waals surface area contributed by atoms with Gasteiger partial charge in [0.1, 0.15) is 30.1 Å². The highest BCUT2D eigenvalue weighted by Gasteiger charge is 2.15. The van der Waals surface area contributed by atoms with Crippen molar-refractivity contribution >= 4 is 0 Å². The zero-order chi connectivity index (χ0) is 19.1. The normalized spacial score (nSPS) is 12.3. The van der Waals surface area contributed by atoms with Gasteiger partial charge in [0, 0.05) is 25.5 Å². The smallest absolute Gasteiger partial charge is 0.123 e. The standard InChI is InChI=1S/C21H24FN3O2/c1-16-4-2-3-5-17(16)12-25(14-21-23-10-11-24-21)13-19(26)15-27-20-8-6-18(22)7-9-20/h2-11,19,26H,12-15H2,1H3,(H,23,24). The van der Waals surface area contributed by atoms with E-state index in [1.165, 1.54) is 23.3 Å². The number of rotatable bonds is 9. The molecule has 5 nitrogen and oxygen atoms in total. The van der Waals surface area contributed by atoms with E-state index in [2.05, 4.69) is 33.9 Å². The number of nitrogens with zero attached hydrogens (tertiary/aromatic N) is 2. The van der Waals surface area contributed by atoms with Crippen molar-refractivity contribution in [2.75, 3.05) is 13.2 Å². The Morgan fingerprint density at radius 1 is 1.15 bits per heavy atom. The lowest BCUT2D eigenvalue weighted by molar-refractivity contribution is 0.0619. The van der Waals surface area contributed by atoms with E-state index in [9.17, 15) is 9.50 Å². The van der Waals surface area contributed by atoms with Crippen molar-refractivity contribution in [3.8, 4) is 5.75 Å². The summed E-state index contributed by atoms with van der Waals surface area (Å²) in [7, 11) is 0. The average Bonchev–Trinajstić information content (AvgIpc) is 3.16. The summed E-state index contributed by atoms with van der Waals surface area (Å²) >= 11 is 0. The lowest BCUT2D eigenvalue weighted by atomic mass is 10.1. The molecule has 0 radical (unpaired) electrons. The molecule has 0 amide bonds. The van der Waals surface area contributed by atoms with Crippen molar-refractivity contribution < 1.29 is 14.2 Å². The summed E-state index contributed by atoms with van der Waals surface area (Å²) in [5.41, 5.74) is 2.41. The zero-order valence-corrected chi connectivity index (χ0v) is 15.3. The minimum Gasteiger partial charge on any atom is -0.491 e. The van der Waals surface area contributed by atoms with Crippen LogP contribution < -0.4 is 4.74 Å². The summed E-state index contributed by atoms with van der Waals surface area (Å²) in [5.74, 6) is 1.06. The quantitative estimate of drug-likeness (QED) is 0.608. The van der Waals surface area contributed by atoms with Gasteiger partial charge in [0.15, 0.2) is 0 Å². The number of aryl methyl sites for hydroxylation is 1. The second-order valence-electron chi connectivity index (χ2n) is 6.55. The molecule has 2 N–H and O–H groups in total. The third-order valence-electron chi connectivity index (χ3n) is 4.31. The Bertz CT molecular complexity index is 822. The first kappa shape index (κ1) is 19.1. The van der Waals surface area contributed by atoms with Crippen LogP contribution in [-0.2, 0) is 13.1 Å². The average molecular weight is 369 g/mol. The summed E-state index contributed by atoms with van der Waals surface area (Å²) in [6, 6.07) is 14.0. The van der Waals surface area contributed by atoms with Gasteiger partial charge in [-0.15, -0.1) is 0 Å². The number of benzene rings is 2. The predicted molar refractivity (Wildman–Crippen MR) is 102 cm³/mol. The van der Waals surface area contributed by atoms with Crippen LogP contribution >= 0.6 is 0 Å². The van der Waals surface area contributed by atoms with Gasteiger partial charge in [0.2, 0.25) is 0 Å². The monoisotopic (exact) mass is 369 g/mol. The van der Waals surface area contributed by atoms with Gasteiger partial charge in [0.25, 0.3) is 0 Å². The van der Waals surface area contributed by atoms with Crippen LogP contribution in [0, 0.1) is 12.7 Å². The van der Waals surface area contributed by atoms with Crippen LogP contribution in [0.2, 0.25) is 0 Å². The number of aromatic amines is 1. The molecule has 3 aromatic rings. The lowest BCUT2D eigenvalue weighted by Gasteiger charge is -2.25. The van der Waals surface area contributed by atoms with Crippen molar-refractivity contribution in [2.24, 2.45) is 0 Å². The summed E-state index contributed by atoms with van der Waals surface area (Å²) in [6.07, 6.45) is 2.82. The predicted octanol–water partition coefficient (Wildman–Crippen LogP) is 3.30. The van der Waals surface area contributed by atoms with Gasteiger partial charge in [0.05, 0.1) is 6.54 Å². The molecule has 0 spiro atoms. The maximum Gasteiger partial charge on any atom is 0.123 e. The molecule has 27 heavy (non-hydrogen) atoms. The molecular formula is C21H24FN3O2. The molecule has 0 aliphatic rings. The first-order chi connectivity index (χ1) is 13.1. The number of aromatic nitrogens is 2. The fraction of sp³-hybridized carbons (Fsp3) is 0.286. The molecule has 1 aromatic heterocycles. The third-order valence-corrected chi connectivity index (χ3v) is 4.31. The van der Waals surface area contributed by atoms with E-state index >= 15 is 0 Å². The van der Waals surface area contributed by atoms with Crippen LogP contribution in [0.1, 0.15) is 17.0 Å². The molecule has 142 valence electrons. The van der Waals surface area contributed by atoms with Crippen molar-refractivity contribution in [1.29, 1.82) is 0 Å². The second-order valence-corrected chi connectivity index (χ2v) is 6.55. The van der Waals surface area contributed by atoms with Crippen LogP contribution in [0.15, 0.2) is 60.9 Å². The van der Waals surface area contributed by atoms with Gasteiger partial charge in [-0.25, -0.2) is 9.37 Å². The highest BCUT2D eigenvalue weighted by atomic mass is 19.1. The highest BCUT2D eigenvalue weighted by molar-refractivity contribution is 5.25. The van der Waals surface area contributed by atoms with Crippen LogP contribution in [-0.4, -0.2) is 39.2 Å². The van der Waals surface area contributed by atoms with Crippen molar-refractivity contribution in [1.82, 2.24) is 14.9 Å². The van der Waals surface area contributed by atoms with Gasteiger partial charge in [-0.05, 0) is 42.3 Å². The van der Waals surface area contributed by atoms with Gasteiger partial charge in [-0.2, -0.15) is 0 Å². The molecule has 0 bridgehead atoms. The summed E-state index contributed by atoms with van der Waals surface area (Å²) in [6.45, 7) is 3.93. The minimum atomic E-state index is -0.686. The molecule has 1 unspecified atom stereocenters. The fourth-order valence-corrected chi connectivity index (χ4v) is 2.88. The Hall–Kier alpha value is -2.70. The maximum atomic E-state index is 13.0. The van der Waals surface area contributed by atoms with Crippen LogP contribution in [0.4, 0.5) is 4.39 Å². The molecule has 1 atom stereocenters. The minimum absolute atomic E-state index is 0.133. The number of halogens is 1. The fourth-order valence-electron chi connectivity index (χ4n) is 2.88. The molecule has 0 fully saturated rings. The van der Waals surface area contributed by atoms with E-state index < -0.39 is 6.10 Å². The van der Waals surface area contributed by atoms with Gasteiger partial charge < -0.3 is 14.8 Å². The van der Waals surface area contributed by atoms with E-state index in [4.69, 9.17) is 4.74 Å². The van der Waals surface area contributed by atoms with Crippen LogP contribution in [0.25, 0.3) is 0 Å². The summed E-state index contributed by atoms with van der Waals surface area (Å²) in [4.78, 5) is 9.51. The Balaban J connectivity index is 1.61. The summed E-state index contributed by atoms with van der Waals surface area (Å²) < 4.78 is 18.5. The molecule has 0 saturated heterocycles. The van der Waals surface area contributed by atoms with Crippen molar-refractivity contribution in [3.05, 3.63) is 83.7 Å². The Kier molecular flexibility index (Phi) is 6.57. The SMILES string of the molecule is Cc1ccccc1CN(Cc1ncc[nH]1)CC(O)COc1ccc(F)cc1. The first-order valence-electron chi connectivity index (χ1n) is 8.91. The topological polar surface area (TPSA) is 61.4 Å². The number of aliphatic hydroxyl groups excluding tert-OH is 1. The number of H-pyrrole nitrogens is 1. The Labute approximate surface area is 158 Å². The second kappa shape index (κ2) is 9.30. The van der Waals surface area contributed by atoms with E-state index in [-0.39, 0.29) is 12.4 Å².